The van der Waals surface area contributed by atoms with Crippen molar-refractivity contribution in [1.29, 1.82) is 0 Å². The van der Waals surface area contributed by atoms with Crippen LogP contribution in [0.3, 0.4) is 0 Å². The highest BCUT2D eigenvalue weighted by Crippen LogP contribution is 2.35. The molecule has 0 aliphatic carbocycles. The first-order valence-corrected chi connectivity index (χ1v) is 10.2. The molecule has 31 heavy (non-hydrogen) atoms. The number of ether oxygens (including phenoxy) is 1. The minimum atomic E-state index is -4.76. The third-order valence-electron chi connectivity index (χ3n) is 4.67. The Bertz CT molecular complexity index is 1120. The van der Waals surface area contributed by atoms with Crippen LogP contribution in [0, 0.1) is 5.92 Å². The topological polar surface area (TPSA) is 67.2 Å². The van der Waals surface area contributed by atoms with Gasteiger partial charge >= 0.3 is 6.18 Å². The van der Waals surface area contributed by atoms with E-state index in [1.165, 1.54) is 0 Å². The van der Waals surface area contributed by atoms with Gasteiger partial charge in [-0.15, -0.1) is 0 Å². The van der Waals surface area contributed by atoms with E-state index in [0.29, 0.717) is 17.7 Å². The molecule has 0 saturated heterocycles. The number of hydrazone groups is 1. The summed E-state index contributed by atoms with van der Waals surface area (Å²) in [5, 5.41) is 4.39. The highest BCUT2D eigenvalue weighted by Gasteiger charge is 2.50. The van der Waals surface area contributed by atoms with Crippen molar-refractivity contribution in [2.45, 2.75) is 12.6 Å². The van der Waals surface area contributed by atoms with Crippen LogP contribution in [0.4, 0.5) is 18.3 Å². The first-order valence-electron chi connectivity index (χ1n) is 9.35. The van der Waals surface area contributed by atoms with Crippen molar-refractivity contribution in [2.24, 2.45) is 16.0 Å². The molecule has 0 N–H and O–H groups in total. The Morgan fingerprint density at radius 2 is 1.94 bits per heavy atom. The Morgan fingerprint density at radius 1 is 1.19 bits per heavy atom. The molecule has 0 saturated carbocycles. The number of para-hydroxylation sites is 1. The van der Waals surface area contributed by atoms with Crippen LogP contribution in [0.5, 0.6) is 5.75 Å². The Morgan fingerprint density at radius 3 is 2.61 bits per heavy atom. The highest BCUT2D eigenvalue weighted by molar-refractivity contribution is 7.22. The second-order valence-corrected chi connectivity index (χ2v) is 7.74. The molecule has 1 aromatic heterocycles. The van der Waals surface area contributed by atoms with Crippen LogP contribution in [0.15, 0.2) is 58.6 Å². The maximum absolute atomic E-state index is 13.5. The molecule has 10 heteroatoms. The molecule has 4 rings (SSSR count). The molecule has 2 heterocycles. The SMILES string of the molecule is COc1ccc(CCN=CC2C(=O)N(c3nc4ccccc4s3)N=C2C(F)(F)F)cc1. The van der Waals surface area contributed by atoms with Gasteiger partial charge in [0.2, 0.25) is 5.13 Å². The van der Waals surface area contributed by atoms with E-state index in [0.717, 1.165) is 32.8 Å². The Kier molecular flexibility index (Phi) is 5.73. The lowest BCUT2D eigenvalue weighted by Crippen LogP contribution is -2.34. The number of nitrogens with zero attached hydrogens (tertiary/aromatic N) is 4. The molecule has 2 aromatic carbocycles. The number of carbonyl (C=O) groups is 1. The first kappa shape index (κ1) is 21.0. The number of rotatable bonds is 6. The number of thiazole rings is 1. The van der Waals surface area contributed by atoms with Gasteiger partial charge in [0.25, 0.3) is 5.91 Å². The second kappa shape index (κ2) is 8.46. The molecule has 1 atom stereocenters. The number of halogens is 3. The monoisotopic (exact) mass is 446 g/mol. The molecule has 1 unspecified atom stereocenters. The predicted octanol–water partition coefficient (Wildman–Crippen LogP) is 4.50. The zero-order valence-corrected chi connectivity index (χ0v) is 17.2. The lowest BCUT2D eigenvalue weighted by atomic mass is 10.0. The van der Waals surface area contributed by atoms with Gasteiger partial charge in [0.05, 0.1) is 17.3 Å². The van der Waals surface area contributed by atoms with E-state index < -0.39 is 23.7 Å². The van der Waals surface area contributed by atoms with E-state index in [4.69, 9.17) is 4.74 Å². The number of aromatic nitrogens is 1. The summed E-state index contributed by atoms with van der Waals surface area (Å²) < 4.78 is 46.4. The van der Waals surface area contributed by atoms with Gasteiger partial charge in [-0.25, -0.2) is 4.98 Å². The zero-order chi connectivity index (χ0) is 22.0. The summed E-state index contributed by atoms with van der Waals surface area (Å²) in [6, 6.07) is 14.4. The highest BCUT2D eigenvalue weighted by atomic mass is 32.1. The van der Waals surface area contributed by atoms with Gasteiger partial charge in [-0.2, -0.15) is 23.3 Å². The van der Waals surface area contributed by atoms with Gasteiger partial charge < -0.3 is 4.74 Å². The summed E-state index contributed by atoms with van der Waals surface area (Å²) >= 11 is 1.11. The van der Waals surface area contributed by atoms with E-state index in [1.807, 2.05) is 12.1 Å². The molecule has 6 nitrogen and oxygen atoms in total. The van der Waals surface area contributed by atoms with Crippen LogP contribution in [0.2, 0.25) is 0 Å². The molecule has 1 aliphatic rings. The Labute approximate surface area is 179 Å². The molecule has 0 spiro atoms. The quantitative estimate of drug-likeness (QED) is 0.524. The summed E-state index contributed by atoms with van der Waals surface area (Å²) in [4.78, 5) is 21.1. The van der Waals surface area contributed by atoms with Gasteiger partial charge in [0, 0.05) is 12.8 Å². The molecule has 0 radical (unpaired) electrons. The Balaban J connectivity index is 1.51. The number of fused-ring (bicyclic) bond motifs is 1. The van der Waals surface area contributed by atoms with Crippen molar-refractivity contribution in [3.8, 4) is 5.75 Å². The van der Waals surface area contributed by atoms with Crippen LogP contribution in [-0.2, 0) is 11.2 Å². The summed E-state index contributed by atoms with van der Waals surface area (Å²) in [6.07, 6.45) is -3.21. The summed E-state index contributed by atoms with van der Waals surface area (Å²) in [5.41, 5.74) is 0.358. The van der Waals surface area contributed by atoms with Crippen LogP contribution in [-0.4, -0.2) is 42.6 Å². The fourth-order valence-electron chi connectivity index (χ4n) is 3.09. The lowest BCUT2D eigenvalue weighted by molar-refractivity contribution is -0.119. The minimum Gasteiger partial charge on any atom is -0.497 e. The number of methoxy groups -OCH3 is 1. The molecule has 3 aromatic rings. The third-order valence-corrected chi connectivity index (χ3v) is 5.69. The van der Waals surface area contributed by atoms with Crippen molar-refractivity contribution in [1.82, 2.24) is 4.98 Å². The first-order chi connectivity index (χ1) is 14.9. The number of hydrogen-bond acceptors (Lipinski definition) is 6. The van der Waals surface area contributed by atoms with Crippen molar-refractivity contribution in [3.63, 3.8) is 0 Å². The van der Waals surface area contributed by atoms with Gasteiger partial charge in [0.15, 0.2) is 5.71 Å². The largest absolute Gasteiger partial charge is 0.497 e. The molecule has 1 aliphatic heterocycles. The standard InChI is InChI=1S/C21H17F3N4O2S/c1-30-14-8-6-13(7-9-14)10-11-25-12-15-18(21(22,23)24)27-28(19(15)29)20-26-16-4-2-3-5-17(16)31-20/h2-9,12,15H,10-11H2,1H3. The van der Waals surface area contributed by atoms with E-state index in [-0.39, 0.29) is 11.7 Å². The van der Waals surface area contributed by atoms with Gasteiger partial charge in [-0.1, -0.05) is 35.6 Å². The number of aliphatic imine (C=N–C) groups is 1. The van der Waals surface area contributed by atoms with E-state index in [1.54, 1.807) is 43.5 Å². The second-order valence-electron chi connectivity index (χ2n) is 6.73. The summed E-state index contributed by atoms with van der Waals surface area (Å²) in [5.74, 6) is -1.70. The smallest absolute Gasteiger partial charge is 0.432 e. The van der Waals surface area contributed by atoms with Crippen LogP contribution in [0.1, 0.15) is 5.56 Å². The van der Waals surface area contributed by atoms with Crippen molar-refractivity contribution in [3.05, 3.63) is 54.1 Å². The van der Waals surface area contributed by atoms with E-state index in [2.05, 4.69) is 15.1 Å². The van der Waals surface area contributed by atoms with Crippen molar-refractivity contribution >= 4 is 44.5 Å². The number of amides is 1. The van der Waals surface area contributed by atoms with Gasteiger partial charge in [0.1, 0.15) is 11.7 Å². The van der Waals surface area contributed by atoms with Crippen LogP contribution in [0.25, 0.3) is 10.2 Å². The maximum Gasteiger partial charge on any atom is 0.432 e. The van der Waals surface area contributed by atoms with E-state index >= 15 is 0 Å². The predicted molar refractivity (Wildman–Crippen MR) is 114 cm³/mol. The van der Waals surface area contributed by atoms with Crippen LogP contribution >= 0.6 is 11.3 Å². The fourth-order valence-corrected chi connectivity index (χ4v) is 4.01. The Hall–Kier alpha value is -3.27. The minimum absolute atomic E-state index is 0.0992. The lowest BCUT2D eigenvalue weighted by Gasteiger charge is -2.09. The number of alkyl halides is 3. The molecule has 1 amide bonds. The fraction of sp³-hybridized carbons (Fsp3) is 0.238. The number of hydrogen-bond donors (Lipinski definition) is 0. The normalized spacial score (nSPS) is 17.0. The number of anilines is 1. The average molecular weight is 446 g/mol. The van der Waals surface area contributed by atoms with Gasteiger partial charge in [-0.3, -0.25) is 9.79 Å². The maximum atomic E-state index is 13.5. The summed E-state index contributed by atoms with van der Waals surface area (Å²) in [7, 11) is 1.56. The number of benzene rings is 2. The molecular weight excluding hydrogens is 429 g/mol. The third kappa shape index (κ3) is 4.43. The van der Waals surface area contributed by atoms with Crippen LogP contribution < -0.4 is 9.75 Å². The van der Waals surface area contributed by atoms with Crippen molar-refractivity contribution in [2.75, 3.05) is 18.7 Å². The molecule has 160 valence electrons. The number of carbonyl (C=O) groups excluding carboxylic acids is 1. The average Bonchev–Trinajstić information content (AvgIpc) is 3.32. The van der Waals surface area contributed by atoms with Gasteiger partial charge in [-0.05, 0) is 36.2 Å². The summed E-state index contributed by atoms with van der Waals surface area (Å²) in [6.45, 7) is 0.238. The van der Waals surface area contributed by atoms with E-state index in [9.17, 15) is 18.0 Å². The zero-order valence-electron chi connectivity index (χ0n) is 16.3. The molecule has 0 bridgehead atoms. The van der Waals surface area contributed by atoms with Crippen molar-refractivity contribution < 1.29 is 22.7 Å². The molecular formula is C21H17F3N4O2S. The molecule has 0 fully saturated rings.